The molecule has 0 aliphatic carbocycles. The van der Waals surface area contributed by atoms with Gasteiger partial charge in [-0.3, -0.25) is 0 Å². The van der Waals surface area contributed by atoms with Crippen molar-refractivity contribution < 1.29 is 4.79 Å². The van der Waals surface area contributed by atoms with Gasteiger partial charge in [-0.25, -0.2) is 4.79 Å². The topological polar surface area (TPSA) is 57.2 Å². The Morgan fingerprint density at radius 1 is 1.78 bits per heavy atom. The number of carbonyl (C=O) groups is 1. The number of nitrogens with two attached hydrogens (primary N) is 1. The van der Waals surface area contributed by atoms with Gasteiger partial charge in [0.2, 0.25) is 0 Å². The number of amides is 2. The molecule has 0 saturated carbocycles. The summed E-state index contributed by atoms with van der Waals surface area (Å²) in [5.41, 5.74) is 4.78. The maximum atomic E-state index is 10.1. The first-order chi connectivity index (χ1) is 4.29. The number of rotatable bonds is 1. The summed E-state index contributed by atoms with van der Waals surface area (Å²) in [5.74, 6) is 0. The molecular weight excluding hydrogens is 136 g/mol. The Hall–Kier alpha value is -1.03. The quantitative estimate of drug-likeness (QED) is 0.624. The van der Waals surface area contributed by atoms with E-state index in [1.54, 1.807) is 6.07 Å². The summed E-state index contributed by atoms with van der Waals surface area (Å²) in [7, 11) is 0. The first-order valence-electron chi connectivity index (χ1n) is 2.34. The van der Waals surface area contributed by atoms with E-state index in [2.05, 4.69) is 5.32 Å². The lowest BCUT2D eigenvalue weighted by atomic mass is 10.6. The monoisotopic (exact) mass is 141 g/mol. The second kappa shape index (κ2) is 2.50. The molecule has 2 amide bonds. The Morgan fingerprint density at radius 2 is 2.56 bits per heavy atom. The van der Waals surface area contributed by atoms with Gasteiger partial charge in [0.15, 0.2) is 0 Å². The Labute approximate surface area is 56.5 Å². The number of urea groups is 1. The second-order valence-corrected chi connectivity index (χ2v) is 2.33. The van der Waals surface area contributed by atoms with Crippen molar-refractivity contribution in [2.24, 2.45) is 5.73 Å². The number of thiophene rings is 1. The molecular formula is C5H5N2OS. The lowest BCUT2D eigenvalue weighted by Gasteiger charge is -1.87. The molecule has 47 valence electrons. The minimum atomic E-state index is -0.641. The molecule has 1 heterocycles. The van der Waals surface area contributed by atoms with Crippen molar-refractivity contribution in [2.75, 3.05) is 0 Å². The lowest BCUT2D eigenvalue weighted by molar-refractivity contribution is 0.252. The summed E-state index contributed by atoms with van der Waals surface area (Å²) in [4.78, 5) is 10.1. The van der Waals surface area contributed by atoms with Gasteiger partial charge in [0.25, 0.3) is 0 Å². The third kappa shape index (κ3) is 1.73. The van der Waals surface area contributed by atoms with Crippen LogP contribution < -0.4 is 11.1 Å². The van der Waals surface area contributed by atoms with Gasteiger partial charge in [-0.15, -0.1) is 11.3 Å². The van der Waals surface area contributed by atoms with E-state index in [0.29, 0.717) is 5.00 Å². The van der Waals surface area contributed by atoms with Gasteiger partial charge in [0.1, 0.15) is 5.00 Å². The van der Waals surface area contributed by atoms with Crippen LogP contribution >= 0.6 is 11.3 Å². The van der Waals surface area contributed by atoms with Crippen LogP contribution in [0.15, 0.2) is 17.5 Å². The zero-order valence-corrected chi connectivity index (χ0v) is 5.39. The molecule has 0 atom stereocenters. The third-order valence-electron chi connectivity index (χ3n) is 0.727. The summed E-state index contributed by atoms with van der Waals surface area (Å²) in [5, 5.41) is 5.97. The molecule has 2 N–H and O–H groups in total. The molecule has 0 unspecified atom stereocenters. The standard InChI is InChI=1S/C5H5N2OS/c6-5(8)7-4-2-1-3-9-4/h1-3H,(H2,6,8). The summed E-state index contributed by atoms with van der Waals surface area (Å²) >= 11 is 1.38. The minimum Gasteiger partial charge on any atom is -0.350 e. The van der Waals surface area contributed by atoms with E-state index < -0.39 is 6.03 Å². The van der Waals surface area contributed by atoms with Gasteiger partial charge < -0.3 is 5.73 Å². The van der Waals surface area contributed by atoms with Gasteiger partial charge in [-0.2, -0.15) is 5.32 Å². The molecule has 0 saturated heterocycles. The smallest absolute Gasteiger partial charge is 0.339 e. The van der Waals surface area contributed by atoms with Gasteiger partial charge in [0.05, 0.1) is 0 Å². The molecule has 0 aliphatic rings. The van der Waals surface area contributed by atoms with Crippen molar-refractivity contribution in [2.45, 2.75) is 0 Å². The molecule has 4 heteroatoms. The van der Waals surface area contributed by atoms with E-state index in [1.165, 1.54) is 11.3 Å². The zero-order valence-electron chi connectivity index (χ0n) is 4.57. The Bertz CT molecular complexity index is 195. The molecule has 0 aliphatic heterocycles. The van der Waals surface area contributed by atoms with Gasteiger partial charge in [-0.1, -0.05) is 0 Å². The van der Waals surface area contributed by atoms with E-state index >= 15 is 0 Å². The first kappa shape index (κ1) is 6.10. The average Bonchev–Trinajstić information content (AvgIpc) is 2.15. The number of hydrogen-bond acceptors (Lipinski definition) is 2. The highest BCUT2D eigenvalue weighted by molar-refractivity contribution is 7.13. The maximum Gasteiger partial charge on any atom is 0.339 e. The molecule has 0 bridgehead atoms. The van der Waals surface area contributed by atoms with E-state index in [1.807, 2.05) is 11.4 Å². The normalized spacial score (nSPS) is 8.89. The van der Waals surface area contributed by atoms with E-state index in [9.17, 15) is 4.79 Å². The molecule has 0 spiro atoms. The van der Waals surface area contributed by atoms with Gasteiger partial charge >= 0.3 is 6.03 Å². The Balaban J connectivity index is 2.58. The molecule has 9 heavy (non-hydrogen) atoms. The molecule has 3 nitrogen and oxygen atoms in total. The van der Waals surface area contributed by atoms with Gasteiger partial charge in [0, 0.05) is 0 Å². The number of nitrogens with zero attached hydrogens (tertiary/aromatic N) is 1. The third-order valence-corrected chi connectivity index (χ3v) is 1.49. The number of carbonyl (C=O) groups excluding carboxylic acids is 1. The molecule has 0 aromatic carbocycles. The summed E-state index contributed by atoms with van der Waals surface area (Å²) < 4.78 is 0. The zero-order chi connectivity index (χ0) is 6.69. The fourth-order valence-electron chi connectivity index (χ4n) is 0.442. The predicted molar refractivity (Wildman–Crippen MR) is 35.7 cm³/mol. The average molecular weight is 141 g/mol. The van der Waals surface area contributed by atoms with E-state index in [-0.39, 0.29) is 0 Å². The lowest BCUT2D eigenvalue weighted by Crippen LogP contribution is -2.17. The first-order valence-corrected chi connectivity index (χ1v) is 3.21. The fourth-order valence-corrected chi connectivity index (χ4v) is 1.04. The van der Waals surface area contributed by atoms with Crippen LogP contribution in [0.1, 0.15) is 0 Å². The Kier molecular flexibility index (Phi) is 1.69. The van der Waals surface area contributed by atoms with Crippen LogP contribution in [0.2, 0.25) is 0 Å². The highest BCUT2D eigenvalue weighted by Gasteiger charge is 1.96. The van der Waals surface area contributed by atoms with Crippen molar-refractivity contribution in [3.63, 3.8) is 0 Å². The van der Waals surface area contributed by atoms with Crippen molar-refractivity contribution in [1.82, 2.24) is 5.32 Å². The van der Waals surface area contributed by atoms with Crippen molar-refractivity contribution in [1.29, 1.82) is 0 Å². The second-order valence-electron chi connectivity index (χ2n) is 1.40. The number of hydrogen-bond donors (Lipinski definition) is 1. The van der Waals surface area contributed by atoms with Crippen LogP contribution in [0.5, 0.6) is 0 Å². The fraction of sp³-hybridized carbons (Fsp3) is 0. The number of primary amides is 1. The predicted octanol–water partition coefficient (Wildman–Crippen LogP) is 1.06. The van der Waals surface area contributed by atoms with Crippen LogP contribution in [0, 0.1) is 0 Å². The largest absolute Gasteiger partial charge is 0.350 e. The minimum absolute atomic E-state index is 0.641. The van der Waals surface area contributed by atoms with Crippen molar-refractivity contribution in [3.8, 4) is 0 Å². The highest BCUT2D eigenvalue weighted by Crippen LogP contribution is 2.13. The van der Waals surface area contributed by atoms with Crippen molar-refractivity contribution in [3.05, 3.63) is 17.5 Å². The highest BCUT2D eigenvalue weighted by atomic mass is 32.1. The molecule has 1 aromatic heterocycles. The molecule has 0 fully saturated rings. The van der Waals surface area contributed by atoms with Crippen molar-refractivity contribution >= 4 is 22.4 Å². The van der Waals surface area contributed by atoms with E-state index in [0.717, 1.165) is 0 Å². The van der Waals surface area contributed by atoms with Crippen LogP contribution in [0.4, 0.5) is 9.80 Å². The van der Waals surface area contributed by atoms with E-state index in [4.69, 9.17) is 5.73 Å². The SMILES string of the molecule is NC(=O)[N]c1cccs1. The summed E-state index contributed by atoms with van der Waals surface area (Å²) in [6.45, 7) is 0. The van der Waals surface area contributed by atoms with Crippen LogP contribution in [0.25, 0.3) is 0 Å². The van der Waals surface area contributed by atoms with Crippen LogP contribution in [0.3, 0.4) is 0 Å². The maximum absolute atomic E-state index is 10.1. The summed E-state index contributed by atoms with van der Waals surface area (Å²) in [6, 6.07) is 2.90. The molecule has 1 rings (SSSR count). The Morgan fingerprint density at radius 3 is 3.00 bits per heavy atom. The molecule has 1 radical (unpaired) electrons. The summed E-state index contributed by atoms with van der Waals surface area (Å²) in [6.07, 6.45) is 0. The van der Waals surface area contributed by atoms with Gasteiger partial charge in [-0.05, 0) is 17.5 Å². The molecule has 1 aromatic rings. The van der Waals surface area contributed by atoms with Crippen LogP contribution in [-0.2, 0) is 0 Å². The van der Waals surface area contributed by atoms with Crippen LogP contribution in [-0.4, -0.2) is 6.03 Å².